The zero-order chi connectivity index (χ0) is 8.85. The monoisotopic (exact) mass is 157 g/mol. The summed E-state index contributed by atoms with van der Waals surface area (Å²) in [5.41, 5.74) is 6.40. The number of likely N-dealkylation sites (N-methyl/N-ethyl adjacent to an activating group) is 1. The quantitative estimate of drug-likeness (QED) is 0.544. The molecule has 0 rings (SSSR count). The number of nitrogens with two attached hydrogens (primary N) is 1. The molecule has 0 aromatic carbocycles. The maximum absolute atomic E-state index is 10.9. The van der Waals surface area contributed by atoms with Crippen LogP contribution in [0.4, 0.5) is 0 Å². The van der Waals surface area contributed by atoms with E-state index in [1.807, 2.05) is 6.92 Å². The van der Waals surface area contributed by atoms with Crippen molar-refractivity contribution >= 4 is 11.6 Å². The first-order valence-corrected chi connectivity index (χ1v) is 3.51. The summed E-state index contributed by atoms with van der Waals surface area (Å²) in [5, 5.41) is 2.48. The molecule has 4 nitrogen and oxygen atoms in total. The van der Waals surface area contributed by atoms with E-state index in [0.29, 0.717) is 6.42 Å². The van der Waals surface area contributed by atoms with Crippen molar-refractivity contribution in [3.05, 3.63) is 0 Å². The number of amides is 1. The van der Waals surface area contributed by atoms with Gasteiger partial charge in [-0.05, 0) is 6.92 Å². The average Bonchev–Trinajstić information content (AvgIpc) is 2.02. The van der Waals surface area contributed by atoms with Gasteiger partial charge >= 0.3 is 0 Å². The molecule has 64 valence electrons. The predicted octanol–water partition coefficient (Wildman–Crippen LogP) is -0.459. The topological polar surface area (TPSA) is 67.5 Å². The highest BCUT2D eigenvalue weighted by Gasteiger charge is 2.11. The molecule has 0 bridgehead atoms. The fourth-order valence-electron chi connectivity index (χ4n) is 0.688. The van der Waals surface area contributed by atoms with Crippen molar-refractivity contribution in [1.82, 2.24) is 5.32 Å². The molecule has 1 unspecified atom stereocenters. The van der Waals surface area contributed by atoms with Crippen LogP contribution in [0, 0.1) is 0 Å². The smallest absolute Gasteiger partial charge is 0.237 e. The Balaban J connectivity index is 3.87. The first-order chi connectivity index (χ1) is 5.11. The summed E-state index contributed by atoms with van der Waals surface area (Å²) in [4.78, 5) is 14.8. The van der Waals surface area contributed by atoms with Crippen LogP contribution in [0.5, 0.6) is 0 Å². The van der Waals surface area contributed by atoms with Gasteiger partial charge in [-0.1, -0.05) is 0 Å². The average molecular weight is 157 g/mol. The Labute approximate surface area is 66.9 Å². The standard InChI is InChI=1S/C7H15N3O/c1-5(9-2)4-6(8)7(11)10-3/h6H,4,8H2,1-3H3,(H,10,11). The Hall–Kier alpha value is -0.900. The zero-order valence-corrected chi connectivity index (χ0v) is 7.22. The minimum atomic E-state index is -0.469. The van der Waals surface area contributed by atoms with Gasteiger partial charge in [-0.15, -0.1) is 0 Å². The van der Waals surface area contributed by atoms with Crippen LogP contribution in [0.3, 0.4) is 0 Å². The fourth-order valence-corrected chi connectivity index (χ4v) is 0.688. The van der Waals surface area contributed by atoms with E-state index in [9.17, 15) is 4.79 Å². The molecule has 0 heterocycles. The van der Waals surface area contributed by atoms with Gasteiger partial charge < -0.3 is 11.1 Å². The molecule has 1 atom stereocenters. The van der Waals surface area contributed by atoms with Crippen molar-refractivity contribution in [2.75, 3.05) is 14.1 Å². The number of nitrogens with zero attached hydrogens (tertiary/aromatic N) is 1. The summed E-state index contributed by atoms with van der Waals surface area (Å²) in [7, 11) is 3.26. The van der Waals surface area contributed by atoms with Gasteiger partial charge in [0.2, 0.25) is 5.91 Å². The lowest BCUT2D eigenvalue weighted by Crippen LogP contribution is -2.39. The Morgan fingerprint density at radius 1 is 1.73 bits per heavy atom. The van der Waals surface area contributed by atoms with Crippen molar-refractivity contribution in [3.63, 3.8) is 0 Å². The third-order valence-corrected chi connectivity index (χ3v) is 1.48. The van der Waals surface area contributed by atoms with E-state index in [-0.39, 0.29) is 5.91 Å². The minimum absolute atomic E-state index is 0.145. The summed E-state index contributed by atoms with van der Waals surface area (Å²) < 4.78 is 0. The van der Waals surface area contributed by atoms with E-state index >= 15 is 0 Å². The van der Waals surface area contributed by atoms with Crippen LogP contribution < -0.4 is 11.1 Å². The zero-order valence-electron chi connectivity index (χ0n) is 7.22. The molecule has 3 N–H and O–H groups in total. The third kappa shape index (κ3) is 3.72. The molecule has 0 aromatic heterocycles. The number of rotatable bonds is 3. The lowest BCUT2D eigenvalue weighted by molar-refractivity contribution is -0.121. The number of nitrogens with one attached hydrogen (secondary N) is 1. The van der Waals surface area contributed by atoms with Crippen LogP contribution in [0.1, 0.15) is 13.3 Å². The summed E-state index contributed by atoms with van der Waals surface area (Å²) in [6.45, 7) is 1.85. The number of carbonyl (C=O) groups excluding carboxylic acids is 1. The van der Waals surface area contributed by atoms with E-state index in [4.69, 9.17) is 5.73 Å². The molecule has 0 saturated heterocycles. The number of carbonyl (C=O) groups is 1. The van der Waals surface area contributed by atoms with Crippen LogP contribution in [-0.2, 0) is 4.79 Å². The molecule has 0 saturated carbocycles. The fraction of sp³-hybridized carbons (Fsp3) is 0.714. The Morgan fingerprint density at radius 3 is 2.64 bits per heavy atom. The van der Waals surface area contributed by atoms with Crippen molar-refractivity contribution in [1.29, 1.82) is 0 Å². The Kier molecular flexibility index (Phi) is 4.45. The van der Waals surface area contributed by atoms with E-state index in [1.54, 1.807) is 14.1 Å². The summed E-state index contributed by atoms with van der Waals surface area (Å²) >= 11 is 0. The van der Waals surface area contributed by atoms with E-state index in [1.165, 1.54) is 0 Å². The molecule has 0 fully saturated rings. The molecule has 0 radical (unpaired) electrons. The molecular weight excluding hydrogens is 142 g/mol. The molecule has 1 amide bonds. The van der Waals surface area contributed by atoms with Crippen molar-refractivity contribution < 1.29 is 4.79 Å². The summed E-state index contributed by atoms with van der Waals surface area (Å²) in [6, 6.07) is -0.469. The maximum Gasteiger partial charge on any atom is 0.237 e. The van der Waals surface area contributed by atoms with E-state index < -0.39 is 6.04 Å². The van der Waals surface area contributed by atoms with Gasteiger partial charge in [0, 0.05) is 26.2 Å². The largest absolute Gasteiger partial charge is 0.358 e. The van der Waals surface area contributed by atoms with Crippen molar-refractivity contribution in [2.45, 2.75) is 19.4 Å². The highest BCUT2D eigenvalue weighted by Crippen LogP contribution is 1.90. The van der Waals surface area contributed by atoms with Gasteiger partial charge in [0.15, 0.2) is 0 Å². The normalized spacial score (nSPS) is 14.4. The van der Waals surface area contributed by atoms with Gasteiger partial charge in [-0.2, -0.15) is 0 Å². The number of aliphatic imine (C=N–C) groups is 1. The van der Waals surface area contributed by atoms with Crippen molar-refractivity contribution in [2.24, 2.45) is 10.7 Å². The number of hydrogen-bond donors (Lipinski definition) is 2. The molecular formula is C7H15N3O. The van der Waals surface area contributed by atoms with Crippen LogP contribution in [0.25, 0.3) is 0 Å². The van der Waals surface area contributed by atoms with Crippen LogP contribution >= 0.6 is 0 Å². The number of hydrogen-bond acceptors (Lipinski definition) is 3. The predicted molar refractivity (Wildman–Crippen MR) is 45.7 cm³/mol. The van der Waals surface area contributed by atoms with E-state index in [0.717, 1.165) is 5.71 Å². The first kappa shape index (κ1) is 10.1. The van der Waals surface area contributed by atoms with Gasteiger partial charge in [0.25, 0.3) is 0 Å². The first-order valence-electron chi connectivity index (χ1n) is 3.51. The molecule has 0 aliphatic carbocycles. The summed E-state index contributed by atoms with van der Waals surface area (Å²) in [6.07, 6.45) is 0.524. The molecule has 11 heavy (non-hydrogen) atoms. The van der Waals surface area contributed by atoms with Crippen molar-refractivity contribution in [3.8, 4) is 0 Å². The second kappa shape index (κ2) is 4.85. The molecule has 0 aliphatic rings. The van der Waals surface area contributed by atoms with Crippen LogP contribution in [0.2, 0.25) is 0 Å². The second-order valence-electron chi connectivity index (χ2n) is 2.38. The highest BCUT2D eigenvalue weighted by atomic mass is 16.2. The van der Waals surface area contributed by atoms with Gasteiger partial charge in [0.05, 0.1) is 6.04 Å². The SMILES string of the molecule is CN=C(C)CC(N)C(=O)NC. The molecule has 0 aliphatic heterocycles. The van der Waals surface area contributed by atoms with E-state index in [2.05, 4.69) is 10.3 Å². The molecule has 0 spiro atoms. The lowest BCUT2D eigenvalue weighted by atomic mass is 10.1. The van der Waals surface area contributed by atoms with Crippen LogP contribution in [-0.4, -0.2) is 31.8 Å². The lowest BCUT2D eigenvalue weighted by Gasteiger charge is -2.08. The van der Waals surface area contributed by atoms with Gasteiger partial charge in [-0.3, -0.25) is 9.79 Å². The third-order valence-electron chi connectivity index (χ3n) is 1.48. The van der Waals surface area contributed by atoms with Gasteiger partial charge in [0.1, 0.15) is 0 Å². The summed E-state index contributed by atoms with van der Waals surface area (Å²) in [5.74, 6) is -0.145. The Bertz CT molecular complexity index is 165. The van der Waals surface area contributed by atoms with Gasteiger partial charge in [-0.25, -0.2) is 0 Å². The Morgan fingerprint density at radius 2 is 2.27 bits per heavy atom. The second-order valence-corrected chi connectivity index (χ2v) is 2.38. The maximum atomic E-state index is 10.9. The highest BCUT2D eigenvalue weighted by molar-refractivity contribution is 5.90. The molecule has 4 heteroatoms. The minimum Gasteiger partial charge on any atom is -0.358 e. The van der Waals surface area contributed by atoms with Crippen LogP contribution in [0.15, 0.2) is 4.99 Å². The molecule has 0 aromatic rings.